The average molecular weight is 267 g/mol. The minimum atomic E-state index is 0.420. The molecule has 3 heteroatoms. The summed E-state index contributed by atoms with van der Waals surface area (Å²) in [6.07, 6.45) is 2.81. The fourth-order valence-corrected chi connectivity index (χ4v) is 3.64. The minimum absolute atomic E-state index is 0.420. The molecule has 0 aromatic carbocycles. The van der Waals surface area contributed by atoms with E-state index in [4.69, 9.17) is 0 Å². The molecule has 0 aliphatic carbocycles. The Labute approximate surface area is 119 Å². The molecular weight excluding hydrogens is 234 g/mol. The Morgan fingerprint density at radius 2 is 2.05 bits per heavy atom. The standard InChI is InChI=1S/C16H33N3/c1-14(2)19-8-5-6-15(11-19)10-18-9-7-17-12-16(3,4)13-18/h14-15,17H,5-13H2,1-4H3. The monoisotopic (exact) mass is 267 g/mol. The van der Waals surface area contributed by atoms with Crippen molar-refractivity contribution in [2.75, 3.05) is 45.8 Å². The van der Waals surface area contributed by atoms with Gasteiger partial charge in [-0.2, -0.15) is 0 Å². The topological polar surface area (TPSA) is 18.5 Å². The van der Waals surface area contributed by atoms with Crippen molar-refractivity contribution in [2.24, 2.45) is 11.3 Å². The highest BCUT2D eigenvalue weighted by atomic mass is 15.2. The third-order valence-corrected chi connectivity index (χ3v) is 4.66. The molecule has 112 valence electrons. The van der Waals surface area contributed by atoms with Gasteiger partial charge < -0.3 is 15.1 Å². The molecule has 2 rings (SSSR count). The third-order valence-electron chi connectivity index (χ3n) is 4.66. The molecule has 19 heavy (non-hydrogen) atoms. The van der Waals surface area contributed by atoms with Gasteiger partial charge in [0.25, 0.3) is 0 Å². The van der Waals surface area contributed by atoms with Gasteiger partial charge in [0, 0.05) is 45.3 Å². The summed E-state index contributed by atoms with van der Waals surface area (Å²) in [5, 5.41) is 3.58. The van der Waals surface area contributed by atoms with Gasteiger partial charge in [0.05, 0.1) is 0 Å². The van der Waals surface area contributed by atoms with Crippen molar-refractivity contribution >= 4 is 0 Å². The molecule has 1 N–H and O–H groups in total. The predicted molar refractivity (Wildman–Crippen MR) is 82.5 cm³/mol. The number of rotatable bonds is 3. The number of nitrogens with zero attached hydrogens (tertiary/aromatic N) is 2. The lowest BCUT2D eigenvalue weighted by Crippen LogP contribution is -2.45. The van der Waals surface area contributed by atoms with Gasteiger partial charge in [-0.05, 0) is 44.6 Å². The molecule has 3 nitrogen and oxygen atoms in total. The lowest BCUT2D eigenvalue weighted by Gasteiger charge is -2.38. The molecule has 0 bridgehead atoms. The number of hydrogen-bond donors (Lipinski definition) is 1. The minimum Gasteiger partial charge on any atom is -0.315 e. The van der Waals surface area contributed by atoms with E-state index in [0.717, 1.165) is 19.0 Å². The first-order valence-corrected chi connectivity index (χ1v) is 8.13. The van der Waals surface area contributed by atoms with E-state index in [0.29, 0.717) is 11.5 Å². The van der Waals surface area contributed by atoms with Gasteiger partial charge in [-0.1, -0.05) is 13.8 Å². The molecule has 1 atom stereocenters. The molecular formula is C16H33N3. The van der Waals surface area contributed by atoms with Gasteiger partial charge in [-0.3, -0.25) is 0 Å². The van der Waals surface area contributed by atoms with Crippen molar-refractivity contribution in [3.8, 4) is 0 Å². The van der Waals surface area contributed by atoms with E-state index in [9.17, 15) is 0 Å². The van der Waals surface area contributed by atoms with Gasteiger partial charge in [0.1, 0.15) is 0 Å². The fourth-order valence-electron chi connectivity index (χ4n) is 3.64. The van der Waals surface area contributed by atoms with E-state index in [-0.39, 0.29) is 0 Å². The van der Waals surface area contributed by atoms with Gasteiger partial charge in [0.15, 0.2) is 0 Å². The maximum Gasteiger partial charge on any atom is 0.0107 e. The lowest BCUT2D eigenvalue weighted by molar-refractivity contribution is 0.101. The predicted octanol–water partition coefficient (Wildman–Crippen LogP) is 2.04. The second-order valence-corrected chi connectivity index (χ2v) is 7.67. The Morgan fingerprint density at radius 3 is 2.79 bits per heavy atom. The summed E-state index contributed by atoms with van der Waals surface area (Å²) < 4.78 is 0. The van der Waals surface area contributed by atoms with Crippen molar-refractivity contribution < 1.29 is 0 Å². The van der Waals surface area contributed by atoms with Crippen LogP contribution in [0.25, 0.3) is 0 Å². The molecule has 0 amide bonds. The van der Waals surface area contributed by atoms with Crippen LogP contribution in [0.3, 0.4) is 0 Å². The van der Waals surface area contributed by atoms with E-state index in [1.54, 1.807) is 0 Å². The zero-order valence-electron chi connectivity index (χ0n) is 13.4. The van der Waals surface area contributed by atoms with Crippen molar-refractivity contribution in [3.05, 3.63) is 0 Å². The first-order valence-electron chi connectivity index (χ1n) is 8.13. The SMILES string of the molecule is CC(C)N1CCCC(CN2CCNCC(C)(C)C2)C1. The second-order valence-electron chi connectivity index (χ2n) is 7.67. The zero-order valence-corrected chi connectivity index (χ0v) is 13.4. The first kappa shape index (κ1) is 15.3. The van der Waals surface area contributed by atoms with Gasteiger partial charge in [-0.25, -0.2) is 0 Å². The third kappa shape index (κ3) is 4.73. The molecule has 0 aromatic heterocycles. The quantitative estimate of drug-likeness (QED) is 0.844. The summed E-state index contributed by atoms with van der Waals surface area (Å²) in [5.74, 6) is 0.880. The van der Waals surface area contributed by atoms with E-state index in [1.807, 2.05) is 0 Å². The molecule has 0 radical (unpaired) electrons. The molecule has 0 spiro atoms. The Bertz CT molecular complexity index is 275. The fraction of sp³-hybridized carbons (Fsp3) is 1.00. The molecule has 2 aliphatic heterocycles. The van der Waals surface area contributed by atoms with Crippen LogP contribution in [0.5, 0.6) is 0 Å². The molecule has 2 fully saturated rings. The van der Waals surface area contributed by atoms with E-state index >= 15 is 0 Å². The van der Waals surface area contributed by atoms with Gasteiger partial charge in [0.2, 0.25) is 0 Å². The number of hydrogen-bond acceptors (Lipinski definition) is 3. The second kappa shape index (κ2) is 6.55. The van der Waals surface area contributed by atoms with Crippen LogP contribution in [-0.2, 0) is 0 Å². The summed E-state index contributed by atoms with van der Waals surface area (Å²) in [5.41, 5.74) is 0.420. The first-order chi connectivity index (χ1) is 8.96. The van der Waals surface area contributed by atoms with E-state index < -0.39 is 0 Å². The van der Waals surface area contributed by atoms with Gasteiger partial charge in [-0.15, -0.1) is 0 Å². The van der Waals surface area contributed by atoms with Crippen molar-refractivity contribution in [3.63, 3.8) is 0 Å². The number of piperidine rings is 1. The summed E-state index contributed by atoms with van der Waals surface area (Å²) in [6, 6.07) is 0.713. The Hall–Kier alpha value is -0.120. The van der Waals surface area contributed by atoms with Crippen molar-refractivity contribution in [1.29, 1.82) is 0 Å². The molecule has 2 aliphatic rings. The summed E-state index contributed by atoms with van der Waals surface area (Å²) in [7, 11) is 0. The summed E-state index contributed by atoms with van der Waals surface area (Å²) in [4.78, 5) is 5.36. The van der Waals surface area contributed by atoms with Crippen LogP contribution in [0.4, 0.5) is 0 Å². The Kier molecular flexibility index (Phi) is 5.27. The number of nitrogens with one attached hydrogen (secondary N) is 1. The van der Waals surface area contributed by atoms with E-state index in [2.05, 4.69) is 42.8 Å². The van der Waals surface area contributed by atoms with Crippen molar-refractivity contribution in [2.45, 2.75) is 46.6 Å². The normalized spacial score (nSPS) is 30.5. The highest BCUT2D eigenvalue weighted by Crippen LogP contribution is 2.23. The van der Waals surface area contributed by atoms with Crippen LogP contribution in [0.15, 0.2) is 0 Å². The van der Waals surface area contributed by atoms with Crippen LogP contribution >= 0.6 is 0 Å². The van der Waals surface area contributed by atoms with Gasteiger partial charge >= 0.3 is 0 Å². The summed E-state index contributed by atoms with van der Waals surface area (Å²) in [6.45, 7) is 18.1. The van der Waals surface area contributed by atoms with Crippen LogP contribution in [0.1, 0.15) is 40.5 Å². The summed E-state index contributed by atoms with van der Waals surface area (Å²) >= 11 is 0. The van der Waals surface area contributed by atoms with Crippen LogP contribution in [-0.4, -0.2) is 61.7 Å². The maximum absolute atomic E-state index is 3.58. The zero-order chi connectivity index (χ0) is 13.9. The highest BCUT2D eigenvalue weighted by molar-refractivity contribution is 4.83. The molecule has 2 heterocycles. The van der Waals surface area contributed by atoms with E-state index in [1.165, 1.54) is 45.6 Å². The van der Waals surface area contributed by atoms with Crippen LogP contribution in [0.2, 0.25) is 0 Å². The molecule has 0 saturated carbocycles. The smallest absolute Gasteiger partial charge is 0.0107 e. The Morgan fingerprint density at radius 1 is 1.26 bits per heavy atom. The Balaban J connectivity index is 1.85. The molecule has 0 aromatic rings. The highest BCUT2D eigenvalue weighted by Gasteiger charge is 2.28. The lowest BCUT2D eigenvalue weighted by atomic mass is 9.91. The van der Waals surface area contributed by atoms with Crippen molar-refractivity contribution in [1.82, 2.24) is 15.1 Å². The average Bonchev–Trinajstić information content (AvgIpc) is 2.50. The van der Waals surface area contributed by atoms with Crippen LogP contribution in [0, 0.1) is 11.3 Å². The number of likely N-dealkylation sites (tertiary alicyclic amines) is 1. The maximum atomic E-state index is 3.58. The molecule has 1 unspecified atom stereocenters. The molecule has 2 saturated heterocycles. The van der Waals surface area contributed by atoms with Crippen LogP contribution < -0.4 is 5.32 Å². The largest absolute Gasteiger partial charge is 0.315 e.